The van der Waals surface area contributed by atoms with Crippen molar-refractivity contribution >= 4 is 5.78 Å². The SMILES string of the molecule is CC(=O)c1ccc(Oc2ccc(C)cc2)c(F)c1. The van der Waals surface area contributed by atoms with Crippen molar-refractivity contribution in [1.82, 2.24) is 0 Å². The number of hydrogen-bond acceptors (Lipinski definition) is 2. The smallest absolute Gasteiger partial charge is 0.166 e. The van der Waals surface area contributed by atoms with Crippen molar-refractivity contribution in [2.24, 2.45) is 0 Å². The van der Waals surface area contributed by atoms with E-state index in [-0.39, 0.29) is 11.5 Å². The molecular formula is C15H13FO2. The molecule has 2 rings (SSSR count). The zero-order valence-corrected chi connectivity index (χ0v) is 10.2. The van der Waals surface area contributed by atoms with Crippen LogP contribution in [0.15, 0.2) is 42.5 Å². The lowest BCUT2D eigenvalue weighted by molar-refractivity contribution is 0.101. The van der Waals surface area contributed by atoms with Crippen molar-refractivity contribution in [3.05, 3.63) is 59.4 Å². The molecule has 0 aliphatic carbocycles. The largest absolute Gasteiger partial charge is 0.454 e. The number of rotatable bonds is 3. The normalized spacial score (nSPS) is 10.2. The van der Waals surface area contributed by atoms with Crippen LogP contribution in [0.5, 0.6) is 11.5 Å². The van der Waals surface area contributed by atoms with Crippen LogP contribution in [0.1, 0.15) is 22.8 Å². The second-order valence-electron chi connectivity index (χ2n) is 4.12. The number of carbonyl (C=O) groups is 1. The van der Waals surface area contributed by atoms with Gasteiger partial charge in [-0.15, -0.1) is 0 Å². The monoisotopic (exact) mass is 244 g/mol. The Morgan fingerprint density at radius 1 is 1.11 bits per heavy atom. The van der Waals surface area contributed by atoms with Crippen molar-refractivity contribution in [3.63, 3.8) is 0 Å². The molecule has 0 saturated heterocycles. The average molecular weight is 244 g/mol. The average Bonchev–Trinajstić information content (AvgIpc) is 2.34. The quantitative estimate of drug-likeness (QED) is 0.759. The third kappa shape index (κ3) is 2.74. The molecule has 2 aromatic carbocycles. The van der Waals surface area contributed by atoms with E-state index in [0.717, 1.165) is 5.56 Å². The molecule has 0 atom stereocenters. The first-order valence-corrected chi connectivity index (χ1v) is 5.61. The van der Waals surface area contributed by atoms with Crippen molar-refractivity contribution in [2.45, 2.75) is 13.8 Å². The Bertz CT molecular complexity index is 574. The van der Waals surface area contributed by atoms with E-state index in [1.54, 1.807) is 18.2 Å². The van der Waals surface area contributed by atoms with Crippen molar-refractivity contribution in [2.75, 3.05) is 0 Å². The number of halogens is 1. The minimum absolute atomic E-state index is 0.115. The Labute approximate surface area is 105 Å². The highest BCUT2D eigenvalue weighted by atomic mass is 19.1. The number of aryl methyl sites for hydroxylation is 1. The molecule has 0 unspecified atom stereocenters. The van der Waals surface area contributed by atoms with Gasteiger partial charge in [-0.2, -0.15) is 0 Å². The first-order valence-electron chi connectivity index (χ1n) is 5.61. The van der Waals surface area contributed by atoms with Gasteiger partial charge >= 0.3 is 0 Å². The van der Waals surface area contributed by atoms with Crippen molar-refractivity contribution in [3.8, 4) is 11.5 Å². The number of ether oxygens (including phenoxy) is 1. The number of hydrogen-bond donors (Lipinski definition) is 0. The van der Waals surface area contributed by atoms with E-state index < -0.39 is 5.82 Å². The Morgan fingerprint density at radius 2 is 1.78 bits per heavy atom. The van der Waals surface area contributed by atoms with E-state index in [9.17, 15) is 9.18 Å². The molecule has 0 fully saturated rings. The fourth-order valence-electron chi connectivity index (χ4n) is 1.54. The Morgan fingerprint density at radius 3 is 2.33 bits per heavy atom. The lowest BCUT2D eigenvalue weighted by Gasteiger charge is -2.07. The summed E-state index contributed by atoms with van der Waals surface area (Å²) < 4.78 is 19.1. The molecular weight excluding hydrogens is 231 g/mol. The summed E-state index contributed by atoms with van der Waals surface area (Å²) in [5.41, 5.74) is 1.44. The minimum atomic E-state index is -0.539. The molecule has 0 spiro atoms. The summed E-state index contributed by atoms with van der Waals surface area (Å²) in [4.78, 5) is 11.1. The molecule has 0 heterocycles. The van der Waals surface area contributed by atoms with Gasteiger partial charge in [-0.3, -0.25) is 4.79 Å². The molecule has 0 N–H and O–H groups in total. The number of carbonyl (C=O) groups excluding carboxylic acids is 1. The van der Waals surface area contributed by atoms with Crippen LogP contribution in [0, 0.1) is 12.7 Å². The van der Waals surface area contributed by atoms with Crippen molar-refractivity contribution in [1.29, 1.82) is 0 Å². The van der Waals surface area contributed by atoms with Crippen LogP contribution in [0.4, 0.5) is 4.39 Å². The van der Waals surface area contributed by atoms with Gasteiger partial charge in [0.05, 0.1) is 0 Å². The van der Waals surface area contributed by atoms with E-state index >= 15 is 0 Å². The fraction of sp³-hybridized carbons (Fsp3) is 0.133. The maximum Gasteiger partial charge on any atom is 0.166 e. The van der Waals surface area contributed by atoms with E-state index in [1.807, 2.05) is 19.1 Å². The number of benzene rings is 2. The molecule has 0 amide bonds. The van der Waals surface area contributed by atoms with Gasteiger partial charge in [0, 0.05) is 5.56 Å². The summed E-state index contributed by atoms with van der Waals surface area (Å²) >= 11 is 0. The Hall–Kier alpha value is -2.16. The summed E-state index contributed by atoms with van der Waals surface area (Å²) in [7, 11) is 0. The van der Waals surface area contributed by atoms with E-state index in [2.05, 4.69) is 0 Å². The predicted octanol–water partition coefficient (Wildman–Crippen LogP) is 4.13. The molecule has 0 aliphatic heterocycles. The molecule has 2 nitrogen and oxygen atoms in total. The highest BCUT2D eigenvalue weighted by Crippen LogP contribution is 2.25. The second-order valence-corrected chi connectivity index (χ2v) is 4.12. The minimum Gasteiger partial charge on any atom is -0.454 e. The molecule has 0 aliphatic rings. The lowest BCUT2D eigenvalue weighted by atomic mass is 10.1. The van der Waals surface area contributed by atoms with Crippen LogP contribution in [-0.4, -0.2) is 5.78 Å². The first-order chi connectivity index (χ1) is 8.56. The molecule has 3 heteroatoms. The van der Waals surface area contributed by atoms with Gasteiger partial charge in [-0.1, -0.05) is 17.7 Å². The number of Topliss-reactive ketones (excluding diaryl/α,β-unsaturated/α-hetero) is 1. The van der Waals surface area contributed by atoms with Crippen LogP contribution >= 0.6 is 0 Å². The van der Waals surface area contributed by atoms with Gasteiger partial charge in [-0.05, 0) is 44.2 Å². The van der Waals surface area contributed by atoms with Crippen molar-refractivity contribution < 1.29 is 13.9 Å². The molecule has 0 saturated carbocycles. The molecule has 18 heavy (non-hydrogen) atoms. The van der Waals surface area contributed by atoms with Gasteiger partial charge in [0.25, 0.3) is 0 Å². The standard InChI is InChI=1S/C15H13FO2/c1-10-3-6-13(7-4-10)18-15-8-5-12(11(2)17)9-14(15)16/h3-9H,1-2H3. The zero-order valence-electron chi connectivity index (χ0n) is 10.2. The highest BCUT2D eigenvalue weighted by molar-refractivity contribution is 5.94. The third-order valence-corrected chi connectivity index (χ3v) is 2.59. The molecule has 0 radical (unpaired) electrons. The summed E-state index contributed by atoms with van der Waals surface area (Å²) in [6.07, 6.45) is 0. The van der Waals surface area contributed by atoms with Crippen LogP contribution in [0.25, 0.3) is 0 Å². The van der Waals surface area contributed by atoms with Gasteiger partial charge in [0.1, 0.15) is 5.75 Å². The van der Waals surface area contributed by atoms with Crippen LogP contribution < -0.4 is 4.74 Å². The third-order valence-electron chi connectivity index (χ3n) is 2.59. The maximum atomic E-state index is 13.7. The molecule has 0 bridgehead atoms. The predicted molar refractivity (Wildman–Crippen MR) is 67.7 cm³/mol. The van der Waals surface area contributed by atoms with Gasteiger partial charge in [-0.25, -0.2) is 4.39 Å². The molecule has 92 valence electrons. The topological polar surface area (TPSA) is 26.3 Å². The van der Waals surface area contributed by atoms with Gasteiger partial charge < -0.3 is 4.74 Å². The van der Waals surface area contributed by atoms with E-state index in [1.165, 1.54) is 19.1 Å². The first kappa shape index (κ1) is 12.3. The summed E-state index contributed by atoms with van der Waals surface area (Å²) in [5.74, 6) is -0.0296. The Kier molecular flexibility index (Phi) is 3.42. The lowest BCUT2D eigenvalue weighted by Crippen LogP contribution is -1.95. The highest BCUT2D eigenvalue weighted by Gasteiger charge is 2.08. The van der Waals surface area contributed by atoms with E-state index in [0.29, 0.717) is 11.3 Å². The zero-order chi connectivity index (χ0) is 13.1. The molecule has 2 aromatic rings. The van der Waals surface area contributed by atoms with Gasteiger partial charge in [0.15, 0.2) is 17.3 Å². The number of ketones is 1. The van der Waals surface area contributed by atoms with E-state index in [4.69, 9.17) is 4.74 Å². The van der Waals surface area contributed by atoms with Gasteiger partial charge in [0.2, 0.25) is 0 Å². The Balaban J connectivity index is 2.24. The molecule has 0 aromatic heterocycles. The maximum absolute atomic E-state index is 13.7. The second kappa shape index (κ2) is 5.00. The fourth-order valence-corrected chi connectivity index (χ4v) is 1.54. The summed E-state index contributed by atoms with van der Waals surface area (Å²) in [6, 6.07) is 11.5. The van der Waals surface area contributed by atoms with Crippen LogP contribution in [0.2, 0.25) is 0 Å². The summed E-state index contributed by atoms with van der Waals surface area (Å²) in [5, 5.41) is 0. The summed E-state index contributed by atoms with van der Waals surface area (Å²) in [6.45, 7) is 3.36. The van der Waals surface area contributed by atoms with Crippen LogP contribution in [-0.2, 0) is 0 Å². The van der Waals surface area contributed by atoms with Crippen LogP contribution in [0.3, 0.4) is 0 Å².